The van der Waals surface area contributed by atoms with E-state index >= 15 is 0 Å². The molecule has 21 heavy (non-hydrogen) atoms. The number of fused-ring (bicyclic) bond motifs is 1. The molecule has 6 heteroatoms. The third-order valence-electron chi connectivity index (χ3n) is 3.08. The Morgan fingerprint density at radius 3 is 2.76 bits per heavy atom. The molecule has 0 saturated carbocycles. The van der Waals surface area contributed by atoms with Crippen molar-refractivity contribution < 1.29 is 15.0 Å². The van der Waals surface area contributed by atoms with Gasteiger partial charge in [0.05, 0.1) is 23.1 Å². The van der Waals surface area contributed by atoms with E-state index in [2.05, 4.69) is 15.3 Å². The molecule has 0 spiro atoms. The van der Waals surface area contributed by atoms with E-state index in [1.165, 1.54) is 12.1 Å². The maximum Gasteiger partial charge on any atom is 0.255 e. The van der Waals surface area contributed by atoms with Gasteiger partial charge in [0.15, 0.2) is 0 Å². The van der Waals surface area contributed by atoms with E-state index in [1.54, 1.807) is 0 Å². The first-order valence-corrected chi connectivity index (χ1v) is 6.37. The average molecular weight is 283 g/mol. The van der Waals surface area contributed by atoms with Crippen molar-refractivity contribution in [2.24, 2.45) is 0 Å². The van der Waals surface area contributed by atoms with Gasteiger partial charge in [-0.15, -0.1) is 0 Å². The molecule has 3 rings (SSSR count). The molecule has 0 aliphatic carbocycles. The van der Waals surface area contributed by atoms with Crippen molar-refractivity contribution in [1.29, 1.82) is 0 Å². The van der Waals surface area contributed by atoms with Crippen LogP contribution in [0.2, 0.25) is 0 Å². The number of nitrogens with zero attached hydrogens (tertiary/aromatic N) is 1. The van der Waals surface area contributed by atoms with Crippen molar-refractivity contribution in [3.8, 4) is 11.5 Å². The summed E-state index contributed by atoms with van der Waals surface area (Å²) in [6, 6.07) is 11.4. The number of hydrogen-bond acceptors (Lipinski definition) is 4. The molecule has 6 nitrogen and oxygen atoms in total. The van der Waals surface area contributed by atoms with Crippen LogP contribution in [-0.4, -0.2) is 26.1 Å². The third-order valence-corrected chi connectivity index (χ3v) is 3.08. The molecule has 0 unspecified atom stereocenters. The fourth-order valence-electron chi connectivity index (χ4n) is 2.06. The maximum absolute atomic E-state index is 12.0. The van der Waals surface area contributed by atoms with Crippen molar-refractivity contribution in [1.82, 2.24) is 15.3 Å². The molecule has 3 aromatic rings. The van der Waals surface area contributed by atoms with Crippen LogP contribution in [0.5, 0.6) is 11.5 Å². The van der Waals surface area contributed by atoms with Gasteiger partial charge in [0, 0.05) is 6.07 Å². The average Bonchev–Trinajstić information content (AvgIpc) is 2.87. The Hall–Kier alpha value is -3.02. The Morgan fingerprint density at radius 2 is 2.00 bits per heavy atom. The van der Waals surface area contributed by atoms with Crippen molar-refractivity contribution in [2.75, 3.05) is 0 Å². The fourth-order valence-corrected chi connectivity index (χ4v) is 2.06. The predicted octanol–water partition coefficient (Wildman–Crippen LogP) is 1.90. The number of aromatic amines is 1. The standard InChI is InChI=1S/C15H13N3O3/c19-9-5-6-10(13(20)7-9)15(21)16-8-14-17-11-3-1-2-4-12(11)18-14/h1-7,19-20H,8H2,(H,16,21)(H,17,18). The molecule has 0 aliphatic rings. The van der Waals surface area contributed by atoms with Gasteiger partial charge in [0.1, 0.15) is 17.3 Å². The second-order valence-corrected chi connectivity index (χ2v) is 4.58. The summed E-state index contributed by atoms with van der Waals surface area (Å²) in [4.78, 5) is 19.4. The van der Waals surface area contributed by atoms with Gasteiger partial charge in [-0.1, -0.05) is 12.1 Å². The van der Waals surface area contributed by atoms with Crippen LogP contribution in [0.25, 0.3) is 11.0 Å². The highest BCUT2D eigenvalue weighted by atomic mass is 16.3. The van der Waals surface area contributed by atoms with E-state index in [0.717, 1.165) is 17.1 Å². The van der Waals surface area contributed by atoms with Gasteiger partial charge in [0.2, 0.25) is 0 Å². The number of nitrogens with one attached hydrogen (secondary N) is 2. The summed E-state index contributed by atoms with van der Waals surface area (Å²) in [5.41, 5.74) is 1.83. The van der Waals surface area contributed by atoms with Gasteiger partial charge in [-0.25, -0.2) is 4.98 Å². The van der Waals surface area contributed by atoms with E-state index in [1.807, 2.05) is 24.3 Å². The van der Waals surface area contributed by atoms with Crippen LogP contribution in [0, 0.1) is 0 Å². The number of hydrogen-bond donors (Lipinski definition) is 4. The van der Waals surface area contributed by atoms with Gasteiger partial charge in [-0.3, -0.25) is 4.79 Å². The van der Waals surface area contributed by atoms with Crippen LogP contribution < -0.4 is 5.32 Å². The third kappa shape index (κ3) is 2.64. The zero-order valence-electron chi connectivity index (χ0n) is 11.0. The molecule has 1 amide bonds. The quantitative estimate of drug-likeness (QED) is 0.590. The summed E-state index contributed by atoms with van der Waals surface area (Å²) in [5.74, 6) is -0.172. The Morgan fingerprint density at radius 1 is 1.19 bits per heavy atom. The van der Waals surface area contributed by atoms with Crippen LogP contribution in [0.15, 0.2) is 42.5 Å². The number of imidazole rings is 1. The Balaban J connectivity index is 1.73. The van der Waals surface area contributed by atoms with Crippen molar-refractivity contribution in [3.63, 3.8) is 0 Å². The highest BCUT2D eigenvalue weighted by Crippen LogP contribution is 2.22. The van der Waals surface area contributed by atoms with Gasteiger partial charge in [-0.05, 0) is 24.3 Å². The molecule has 0 atom stereocenters. The molecule has 2 aromatic carbocycles. The number of rotatable bonds is 3. The van der Waals surface area contributed by atoms with Crippen molar-refractivity contribution >= 4 is 16.9 Å². The molecule has 1 aromatic heterocycles. The number of para-hydroxylation sites is 2. The first-order chi connectivity index (χ1) is 10.1. The largest absolute Gasteiger partial charge is 0.508 e. The normalized spacial score (nSPS) is 10.7. The number of H-pyrrole nitrogens is 1. The second-order valence-electron chi connectivity index (χ2n) is 4.58. The van der Waals surface area contributed by atoms with Gasteiger partial charge in [-0.2, -0.15) is 0 Å². The zero-order chi connectivity index (χ0) is 14.8. The summed E-state index contributed by atoms with van der Waals surface area (Å²) < 4.78 is 0. The van der Waals surface area contributed by atoms with E-state index in [-0.39, 0.29) is 23.6 Å². The summed E-state index contributed by atoms with van der Waals surface area (Å²) in [6.07, 6.45) is 0. The molecule has 0 aliphatic heterocycles. The Bertz CT molecular complexity index is 778. The molecule has 106 valence electrons. The Labute approximate surface area is 120 Å². The summed E-state index contributed by atoms with van der Waals surface area (Å²) in [6.45, 7) is 0.216. The summed E-state index contributed by atoms with van der Waals surface area (Å²) in [7, 11) is 0. The van der Waals surface area contributed by atoms with E-state index < -0.39 is 5.91 Å². The number of carbonyl (C=O) groups is 1. The molecule has 0 radical (unpaired) electrons. The topological polar surface area (TPSA) is 98.2 Å². The monoisotopic (exact) mass is 283 g/mol. The smallest absolute Gasteiger partial charge is 0.255 e. The lowest BCUT2D eigenvalue weighted by molar-refractivity contribution is 0.0947. The number of benzene rings is 2. The van der Waals surface area contributed by atoms with E-state index in [4.69, 9.17) is 0 Å². The summed E-state index contributed by atoms with van der Waals surface area (Å²) >= 11 is 0. The molecular weight excluding hydrogens is 270 g/mol. The SMILES string of the molecule is O=C(NCc1nc2ccccc2[nH]1)c1ccc(O)cc1O. The number of phenols is 2. The highest BCUT2D eigenvalue weighted by molar-refractivity contribution is 5.96. The molecule has 0 fully saturated rings. The fraction of sp³-hybridized carbons (Fsp3) is 0.0667. The minimum absolute atomic E-state index is 0.0960. The van der Waals surface area contributed by atoms with Gasteiger partial charge in [0.25, 0.3) is 5.91 Å². The second kappa shape index (κ2) is 5.16. The lowest BCUT2D eigenvalue weighted by Crippen LogP contribution is -2.23. The first kappa shape index (κ1) is 13.0. The molecule has 1 heterocycles. The molecule has 0 saturated heterocycles. The molecular formula is C15H13N3O3. The van der Waals surface area contributed by atoms with E-state index in [9.17, 15) is 15.0 Å². The molecule has 4 N–H and O–H groups in total. The van der Waals surface area contributed by atoms with Crippen LogP contribution >= 0.6 is 0 Å². The van der Waals surface area contributed by atoms with Gasteiger partial charge < -0.3 is 20.5 Å². The maximum atomic E-state index is 12.0. The minimum atomic E-state index is -0.437. The minimum Gasteiger partial charge on any atom is -0.508 e. The molecule has 0 bridgehead atoms. The first-order valence-electron chi connectivity index (χ1n) is 6.37. The van der Waals surface area contributed by atoms with Crippen molar-refractivity contribution in [3.05, 3.63) is 53.9 Å². The van der Waals surface area contributed by atoms with Crippen molar-refractivity contribution in [2.45, 2.75) is 6.54 Å². The van der Waals surface area contributed by atoms with Crippen LogP contribution in [-0.2, 0) is 6.54 Å². The number of aromatic hydroxyl groups is 2. The van der Waals surface area contributed by atoms with Crippen LogP contribution in [0.3, 0.4) is 0 Å². The van der Waals surface area contributed by atoms with Crippen LogP contribution in [0.4, 0.5) is 0 Å². The lowest BCUT2D eigenvalue weighted by Gasteiger charge is -2.05. The van der Waals surface area contributed by atoms with E-state index in [0.29, 0.717) is 5.82 Å². The number of amides is 1. The Kier molecular flexibility index (Phi) is 3.19. The highest BCUT2D eigenvalue weighted by Gasteiger charge is 2.12. The van der Waals surface area contributed by atoms with Crippen LogP contribution in [0.1, 0.15) is 16.2 Å². The van der Waals surface area contributed by atoms with Gasteiger partial charge >= 0.3 is 0 Å². The number of carbonyl (C=O) groups excluding carboxylic acids is 1. The number of aromatic nitrogens is 2. The lowest BCUT2D eigenvalue weighted by atomic mass is 10.2. The predicted molar refractivity (Wildman–Crippen MR) is 77.0 cm³/mol. The zero-order valence-corrected chi connectivity index (χ0v) is 11.0. The summed E-state index contributed by atoms with van der Waals surface area (Å²) in [5, 5.41) is 21.5. The number of phenolic OH excluding ortho intramolecular Hbond substituents is 2.